The van der Waals surface area contributed by atoms with Crippen LogP contribution in [0.4, 0.5) is 10.5 Å². The Bertz CT molecular complexity index is 865. The lowest BCUT2D eigenvalue weighted by molar-refractivity contribution is -0.385. The Labute approximate surface area is 150 Å². The number of ether oxygens (including phenoxy) is 3. The van der Waals surface area contributed by atoms with Gasteiger partial charge in [0.15, 0.2) is 11.5 Å². The van der Waals surface area contributed by atoms with Crippen molar-refractivity contribution in [1.29, 1.82) is 0 Å². The van der Waals surface area contributed by atoms with Gasteiger partial charge in [-0.05, 0) is 30.8 Å². The maximum Gasteiger partial charge on any atom is 0.328 e. The van der Waals surface area contributed by atoms with Gasteiger partial charge in [0.2, 0.25) is 6.79 Å². The summed E-state index contributed by atoms with van der Waals surface area (Å²) in [4.78, 5) is 47.5. The van der Waals surface area contributed by atoms with Gasteiger partial charge in [-0.1, -0.05) is 0 Å². The van der Waals surface area contributed by atoms with E-state index in [1.807, 2.05) is 0 Å². The summed E-state index contributed by atoms with van der Waals surface area (Å²) in [5, 5.41) is 10.6. The second-order valence-corrected chi connectivity index (χ2v) is 6.27. The van der Waals surface area contributed by atoms with Crippen LogP contribution in [0.5, 0.6) is 11.5 Å². The molecule has 10 nitrogen and oxygen atoms in total. The number of hydrogen-bond donors (Lipinski definition) is 0. The molecule has 0 radical (unpaired) electrons. The van der Waals surface area contributed by atoms with Crippen LogP contribution in [0.3, 0.4) is 0 Å². The van der Waals surface area contributed by atoms with Gasteiger partial charge in [-0.15, -0.1) is 0 Å². The number of amides is 2. The van der Waals surface area contributed by atoms with E-state index in [0.717, 1.165) is 12.0 Å². The van der Waals surface area contributed by atoms with Gasteiger partial charge in [-0.2, -0.15) is 0 Å². The molecule has 0 aromatic heterocycles. The summed E-state index contributed by atoms with van der Waals surface area (Å²) < 4.78 is 14.8. The first-order valence-electron chi connectivity index (χ1n) is 7.26. The Hall–Kier alpha value is -3.08. The second kappa shape index (κ2) is 6.67. The third kappa shape index (κ3) is 2.96. The van der Waals surface area contributed by atoms with E-state index in [1.54, 1.807) is 0 Å². The molecule has 1 aromatic rings. The van der Waals surface area contributed by atoms with E-state index in [1.165, 1.54) is 25.1 Å². The molecule has 0 unspecified atom stereocenters. The summed E-state index contributed by atoms with van der Waals surface area (Å²) in [7, 11) is 1.14. The summed E-state index contributed by atoms with van der Waals surface area (Å²) in [6.07, 6.45) is 1.22. The number of imide groups is 1. The van der Waals surface area contributed by atoms with E-state index in [-0.39, 0.29) is 28.7 Å². The molecule has 2 heterocycles. The van der Waals surface area contributed by atoms with Crippen LogP contribution in [0.15, 0.2) is 17.0 Å². The Morgan fingerprint density at radius 3 is 2.65 bits per heavy atom. The smallest absolute Gasteiger partial charge is 0.328 e. The van der Waals surface area contributed by atoms with Crippen molar-refractivity contribution >= 4 is 40.6 Å². The van der Waals surface area contributed by atoms with Crippen LogP contribution in [0.25, 0.3) is 6.08 Å². The number of fused-ring (bicyclic) bond motifs is 1. The summed E-state index contributed by atoms with van der Waals surface area (Å²) in [6.45, 7) is 1.29. The van der Waals surface area contributed by atoms with E-state index in [9.17, 15) is 24.5 Å². The first kappa shape index (κ1) is 17.7. The molecule has 3 rings (SSSR count). The van der Waals surface area contributed by atoms with Crippen LogP contribution in [-0.2, 0) is 14.3 Å². The summed E-state index contributed by atoms with van der Waals surface area (Å²) >= 11 is 0.583. The number of nitrogens with zero attached hydrogens (tertiary/aromatic N) is 2. The average molecular weight is 380 g/mol. The Morgan fingerprint density at radius 2 is 2.04 bits per heavy atom. The molecule has 0 aliphatic carbocycles. The zero-order valence-corrected chi connectivity index (χ0v) is 14.4. The number of nitro groups is 1. The van der Waals surface area contributed by atoms with Crippen molar-refractivity contribution in [2.75, 3.05) is 13.9 Å². The van der Waals surface area contributed by atoms with Crippen molar-refractivity contribution in [3.63, 3.8) is 0 Å². The standard InChI is InChI=1S/C15H12N2O8S/c1-7(14(19)23-2)16-13(18)12(26-15(16)20)4-8-3-10-11(25-6-24-10)5-9(8)17(21)22/h3-5,7H,6H2,1-2H3/b12-4-/t7-/m1/s1. The zero-order chi connectivity index (χ0) is 19.0. The average Bonchev–Trinajstić information content (AvgIpc) is 3.16. The third-order valence-electron chi connectivity index (χ3n) is 3.76. The highest BCUT2D eigenvalue weighted by atomic mass is 32.2. The lowest BCUT2D eigenvalue weighted by atomic mass is 10.1. The van der Waals surface area contributed by atoms with Crippen molar-refractivity contribution in [2.24, 2.45) is 0 Å². The van der Waals surface area contributed by atoms with Gasteiger partial charge in [0.25, 0.3) is 16.8 Å². The summed E-state index contributed by atoms with van der Waals surface area (Å²) in [5.41, 5.74) is -0.225. The van der Waals surface area contributed by atoms with Crippen molar-refractivity contribution in [3.8, 4) is 11.5 Å². The molecule has 0 saturated carbocycles. The van der Waals surface area contributed by atoms with Gasteiger partial charge in [0.1, 0.15) is 6.04 Å². The minimum Gasteiger partial charge on any atom is -0.467 e. The fourth-order valence-electron chi connectivity index (χ4n) is 2.45. The molecule has 1 saturated heterocycles. The van der Waals surface area contributed by atoms with Crippen LogP contribution in [0.2, 0.25) is 0 Å². The fourth-order valence-corrected chi connectivity index (χ4v) is 3.35. The largest absolute Gasteiger partial charge is 0.467 e. The monoisotopic (exact) mass is 380 g/mol. The van der Waals surface area contributed by atoms with Gasteiger partial charge in [0, 0.05) is 0 Å². The van der Waals surface area contributed by atoms with Crippen LogP contribution in [-0.4, -0.2) is 46.9 Å². The number of benzene rings is 1. The molecule has 2 aliphatic heterocycles. The molecule has 136 valence electrons. The molecule has 0 bridgehead atoms. The predicted octanol–water partition coefficient (Wildman–Crippen LogP) is 1.92. The van der Waals surface area contributed by atoms with Gasteiger partial charge in [0.05, 0.1) is 28.6 Å². The van der Waals surface area contributed by atoms with E-state index in [0.29, 0.717) is 17.5 Å². The second-order valence-electron chi connectivity index (χ2n) is 5.27. The minimum absolute atomic E-state index is 0.0484. The molecule has 2 amide bonds. The molecular weight excluding hydrogens is 368 g/mol. The first-order valence-corrected chi connectivity index (χ1v) is 8.08. The van der Waals surface area contributed by atoms with Crippen LogP contribution in [0, 0.1) is 10.1 Å². The summed E-state index contributed by atoms with van der Waals surface area (Å²) in [5.74, 6) is -0.960. The van der Waals surface area contributed by atoms with Crippen molar-refractivity contribution in [3.05, 3.63) is 32.7 Å². The number of rotatable bonds is 4. The van der Waals surface area contributed by atoms with E-state index < -0.39 is 28.1 Å². The highest BCUT2D eigenvalue weighted by Crippen LogP contribution is 2.41. The predicted molar refractivity (Wildman–Crippen MR) is 88.5 cm³/mol. The number of carbonyl (C=O) groups excluding carboxylic acids is 3. The highest BCUT2D eigenvalue weighted by Gasteiger charge is 2.41. The Kier molecular flexibility index (Phi) is 4.55. The molecule has 1 atom stereocenters. The van der Waals surface area contributed by atoms with Gasteiger partial charge < -0.3 is 14.2 Å². The molecule has 26 heavy (non-hydrogen) atoms. The van der Waals surface area contributed by atoms with E-state index in [2.05, 4.69) is 4.74 Å². The van der Waals surface area contributed by atoms with Crippen molar-refractivity contribution in [2.45, 2.75) is 13.0 Å². The zero-order valence-electron chi connectivity index (χ0n) is 13.6. The lowest BCUT2D eigenvalue weighted by Crippen LogP contribution is -2.42. The molecule has 0 N–H and O–H groups in total. The number of esters is 1. The normalized spacial score (nSPS) is 18.4. The number of carbonyl (C=O) groups is 3. The molecule has 0 spiro atoms. The van der Waals surface area contributed by atoms with Crippen LogP contribution < -0.4 is 9.47 Å². The molecule has 1 aromatic carbocycles. The van der Waals surface area contributed by atoms with Crippen molar-refractivity contribution < 1.29 is 33.5 Å². The molecule has 2 aliphatic rings. The van der Waals surface area contributed by atoms with E-state index in [4.69, 9.17) is 9.47 Å². The SMILES string of the molecule is COC(=O)[C@@H](C)N1C(=O)S/C(=C\c2cc3c(cc2[N+](=O)[O-])OCO3)C1=O. The quantitative estimate of drug-likeness (QED) is 0.333. The number of hydrogen-bond acceptors (Lipinski definition) is 9. The number of methoxy groups -OCH3 is 1. The maximum absolute atomic E-state index is 12.5. The Morgan fingerprint density at radius 1 is 1.38 bits per heavy atom. The van der Waals surface area contributed by atoms with Gasteiger partial charge in [-0.3, -0.25) is 24.6 Å². The molecule has 11 heteroatoms. The van der Waals surface area contributed by atoms with Crippen LogP contribution in [0.1, 0.15) is 12.5 Å². The number of thioether (sulfide) groups is 1. The minimum atomic E-state index is -1.11. The fraction of sp³-hybridized carbons (Fsp3) is 0.267. The van der Waals surface area contributed by atoms with Gasteiger partial charge in [-0.25, -0.2) is 4.79 Å². The first-order chi connectivity index (χ1) is 12.3. The van der Waals surface area contributed by atoms with E-state index >= 15 is 0 Å². The number of nitro benzene ring substituents is 1. The lowest BCUT2D eigenvalue weighted by Gasteiger charge is -2.18. The Balaban J connectivity index is 1.98. The highest BCUT2D eigenvalue weighted by molar-refractivity contribution is 8.18. The van der Waals surface area contributed by atoms with Crippen molar-refractivity contribution in [1.82, 2.24) is 4.90 Å². The summed E-state index contributed by atoms with van der Waals surface area (Å²) in [6, 6.07) is 1.44. The van der Waals surface area contributed by atoms with Crippen LogP contribution >= 0.6 is 11.8 Å². The topological polar surface area (TPSA) is 125 Å². The maximum atomic E-state index is 12.5. The molecular formula is C15H12N2O8S. The third-order valence-corrected chi connectivity index (χ3v) is 4.64. The van der Waals surface area contributed by atoms with Gasteiger partial charge >= 0.3 is 5.97 Å². The molecule has 1 fully saturated rings.